The van der Waals surface area contributed by atoms with Gasteiger partial charge in [0.1, 0.15) is 5.75 Å². The monoisotopic (exact) mass is 337 g/mol. The second-order valence-corrected chi connectivity index (χ2v) is 5.50. The minimum absolute atomic E-state index is 0.199. The van der Waals surface area contributed by atoms with Gasteiger partial charge in [-0.05, 0) is 59.6 Å². The maximum atomic E-state index is 12.1. The van der Waals surface area contributed by atoms with E-state index in [0.29, 0.717) is 4.47 Å². The second-order valence-electron chi connectivity index (χ2n) is 4.65. The van der Waals surface area contributed by atoms with Gasteiger partial charge in [0.15, 0.2) is 0 Å². The Morgan fingerprint density at radius 1 is 1.16 bits per heavy atom. The largest absolute Gasteiger partial charge is 0.573 e. The van der Waals surface area contributed by atoms with Crippen LogP contribution < -0.4 is 4.74 Å². The summed E-state index contributed by atoms with van der Waals surface area (Å²) in [6, 6.07) is 4.73. The van der Waals surface area contributed by atoms with E-state index in [0.717, 1.165) is 25.2 Å². The van der Waals surface area contributed by atoms with Crippen LogP contribution in [-0.2, 0) is 6.54 Å². The van der Waals surface area contributed by atoms with E-state index in [1.807, 2.05) is 0 Å². The molecule has 0 radical (unpaired) electrons. The van der Waals surface area contributed by atoms with E-state index in [9.17, 15) is 13.2 Å². The number of likely N-dealkylation sites (tertiary alicyclic amines) is 1. The second kappa shape index (κ2) is 6.13. The van der Waals surface area contributed by atoms with Crippen LogP contribution in [0.15, 0.2) is 22.7 Å². The first-order chi connectivity index (χ1) is 8.94. The summed E-state index contributed by atoms with van der Waals surface area (Å²) < 4.78 is 40.7. The number of benzene rings is 1. The number of nitrogens with zero attached hydrogens (tertiary/aromatic N) is 1. The van der Waals surface area contributed by atoms with Crippen molar-refractivity contribution in [3.05, 3.63) is 28.2 Å². The van der Waals surface area contributed by atoms with Crippen LogP contribution in [0.4, 0.5) is 13.2 Å². The zero-order valence-corrected chi connectivity index (χ0v) is 11.9. The molecule has 0 N–H and O–H groups in total. The quantitative estimate of drug-likeness (QED) is 0.813. The van der Waals surface area contributed by atoms with E-state index in [1.165, 1.54) is 25.3 Å². The van der Waals surface area contributed by atoms with Gasteiger partial charge in [0.25, 0.3) is 0 Å². The van der Waals surface area contributed by atoms with Crippen molar-refractivity contribution in [2.75, 3.05) is 13.1 Å². The molecule has 0 saturated carbocycles. The Hall–Kier alpha value is -0.750. The molecule has 0 atom stereocenters. The number of piperidine rings is 1. The Labute approximate surface area is 118 Å². The van der Waals surface area contributed by atoms with Gasteiger partial charge in [0.2, 0.25) is 0 Å². The third kappa shape index (κ3) is 4.69. The van der Waals surface area contributed by atoms with E-state index >= 15 is 0 Å². The maximum Gasteiger partial charge on any atom is 0.573 e. The van der Waals surface area contributed by atoms with E-state index < -0.39 is 6.36 Å². The lowest BCUT2D eigenvalue weighted by molar-refractivity contribution is -0.274. The summed E-state index contributed by atoms with van der Waals surface area (Å²) in [7, 11) is 0. The van der Waals surface area contributed by atoms with Gasteiger partial charge >= 0.3 is 6.36 Å². The Balaban J connectivity index is 2.01. The van der Waals surface area contributed by atoms with Gasteiger partial charge in [-0.3, -0.25) is 4.90 Å². The molecule has 0 aliphatic carbocycles. The topological polar surface area (TPSA) is 12.5 Å². The predicted molar refractivity (Wildman–Crippen MR) is 70.0 cm³/mol. The van der Waals surface area contributed by atoms with E-state index in [4.69, 9.17) is 0 Å². The molecule has 1 aliphatic rings. The van der Waals surface area contributed by atoms with Crippen molar-refractivity contribution in [1.29, 1.82) is 0 Å². The Morgan fingerprint density at radius 3 is 2.42 bits per heavy atom. The zero-order chi connectivity index (χ0) is 13.9. The summed E-state index contributed by atoms with van der Waals surface area (Å²) in [5, 5.41) is 0. The fourth-order valence-corrected chi connectivity index (χ4v) is 2.73. The molecule has 2 nitrogen and oxygen atoms in total. The lowest BCUT2D eigenvalue weighted by atomic mass is 10.1. The van der Waals surface area contributed by atoms with Gasteiger partial charge in [-0.15, -0.1) is 13.2 Å². The first-order valence-corrected chi connectivity index (χ1v) is 7.00. The molecule has 0 bridgehead atoms. The predicted octanol–water partition coefficient (Wildman–Crippen LogP) is 4.33. The van der Waals surface area contributed by atoms with E-state index in [-0.39, 0.29) is 5.75 Å². The molecule has 0 unspecified atom stereocenters. The van der Waals surface area contributed by atoms with Crippen LogP contribution in [0.25, 0.3) is 0 Å². The molecule has 0 spiro atoms. The van der Waals surface area contributed by atoms with Crippen molar-refractivity contribution in [3.8, 4) is 5.75 Å². The number of rotatable bonds is 3. The lowest BCUT2D eigenvalue weighted by Gasteiger charge is -2.26. The summed E-state index contributed by atoms with van der Waals surface area (Å²) in [6.07, 6.45) is -1.01. The van der Waals surface area contributed by atoms with Gasteiger partial charge < -0.3 is 4.74 Å². The SMILES string of the molecule is FC(F)(F)Oc1ccc(CN2CCCCC2)cc1Br. The van der Waals surface area contributed by atoms with Gasteiger partial charge in [-0.25, -0.2) is 0 Å². The fourth-order valence-electron chi connectivity index (χ4n) is 2.23. The van der Waals surface area contributed by atoms with Crippen LogP contribution in [0.2, 0.25) is 0 Å². The number of halogens is 4. The third-order valence-corrected chi connectivity index (χ3v) is 3.70. The molecule has 1 fully saturated rings. The van der Waals surface area contributed by atoms with Crippen LogP contribution >= 0.6 is 15.9 Å². The maximum absolute atomic E-state index is 12.1. The molecular weight excluding hydrogens is 323 g/mol. The summed E-state index contributed by atoms with van der Waals surface area (Å²) in [5.74, 6) is -0.199. The average Bonchev–Trinajstić information content (AvgIpc) is 2.33. The van der Waals surface area contributed by atoms with Crippen molar-refractivity contribution < 1.29 is 17.9 Å². The first kappa shape index (κ1) is 14.7. The molecule has 1 heterocycles. The minimum atomic E-state index is -4.66. The first-order valence-electron chi connectivity index (χ1n) is 6.20. The fraction of sp³-hybridized carbons (Fsp3) is 0.538. The molecule has 1 saturated heterocycles. The van der Waals surface area contributed by atoms with E-state index in [1.54, 1.807) is 12.1 Å². The number of hydrogen-bond donors (Lipinski definition) is 0. The molecule has 19 heavy (non-hydrogen) atoms. The van der Waals surface area contributed by atoms with Crippen LogP contribution in [0.3, 0.4) is 0 Å². The standard InChI is InChI=1S/C13H15BrF3NO/c14-11-8-10(9-18-6-2-1-3-7-18)4-5-12(11)19-13(15,16)17/h4-5,8H,1-3,6-7,9H2. The van der Waals surface area contributed by atoms with Crippen molar-refractivity contribution in [3.63, 3.8) is 0 Å². The summed E-state index contributed by atoms with van der Waals surface area (Å²) in [6.45, 7) is 2.88. The van der Waals surface area contributed by atoms with Crippen LogP contribution in [0.5, 0.6) is 5.75 Å². The van der Waals surface area contributed by atoms with Crippen molar-refractivity contribution >= 4 is 15.9 Å². The van der Waals surface area contributed by atoms with Crippen LogP contribution in [0.1, 0.15) is 24.8 Å². The van der Waals surface area contributed by atoms with Gasteiger partial charge in [-0.1, -0.05) is 12.5 Å². The molecule has 106 valence electrons. The molecule has 2 rings (SSSR count). The van der Waals surface area contributed by atoms with Gasteiger partial charge in [-0.2, -0.15) is 0 Å². The Morgan fingerprint density at radius 2 is 1.84 bits per heavy atom. The summed E-state index contributed by atoms with van der Waals surface area (Å²) in [5.41, 5.74) is 0.989. The third-order valence-electron chi connectivity index (χ3n) is 3.08. The minimum Gasteiger partial charge on any atom is -0.405 e. The highest BCUT2D eigenvalue weighted by Gasteiger charge is 2.31. The summed E-state index contributed by atoms with van der Waals surface area (Å²) >= 11 is 3.12. The van der Waals surface area contributed by atoms with Crippen LogP contribution in [-0.4, -0.2) is 24.4 Å². The molecule has 6 heteroatoms. The van der Waals surface area contributed by atoms with Gasteiger partial charge in [0.05, 0.1) is 4.47 Å². The normalized spacial score (nSPS) is 17.5. The summed E-state index contributed by atoms with van der Waals surface area (Å²) in [4.78, 5) is 2.32. The highest BCUT2D eigenvalue weighted by Crippen LogP contribution is 2.31. The molecule has 1 aromatic carbocycles. The average molecular weight is 338 g/mol. The van der Waals surface area contributed by atoms with Crippen molar-refractivity contribution in [2.45, 2.75) is 32.2 Å². The Kier molecular flexibility index (Phi) is 4.73. The Bertz CT molecular complexity index is 430. The van der Waals surface area contributed by atoms with Crippen LogP contribution in [0, 0.1) is 0 Å². The highest BCUT2D eigenvalue weighted by molar-refractivity contribution is 9.10. The smallest absolute Gasteiger partial charge is 0.405 e. The number of alkyl halides is 3. The number of hydrogen-bond acceptors (Lipinski definition) is 2. The lowest BCUT2D eigenvalue weighted by Crippen LogP contribution is -2.29. The van der Waals surface area contributed by atoms with E-state index in [2.05, 4.69) is 25.6 Å². The molecule has 0 aromatic heterocycles. The molecule has 1 aliphatic heterocycles. The zero-order valence-electron chi connectivity index (χ0n) is 10.3. The van der Waals surface area contributed by atoms with Gasteiger partial charge in [0, 0.05) is 6.54 Å². The molecule has 0 amide bonds. The highest BCUT2D eigenvalue weighted by atomic mass is 79.9. The molecule has 1 aromatic rings. The van der Waals surface area contributed by atoms with Crippen molar-refractivity contribution in [2.24, 2.45) is 0 Å². The molecular formula is C13H15BrF3NO. The number of ether oxygens (including phenoxy) is 1. The van der Waals surface area contributed by atoms with Crippen molar-refractivity contribution in [1.82, 2.24) is 4.90 Å².